The molecule has 27 heavy (non-hydrogen) atoms. The summed E-state index contributed by atoms with van der Waals surface area (Å²) in [5.41, 5.74) is 5.21. The maximum absolute atomic E-state index is 13.1. The van der Waals surface area contributed by atoms with Gasteiger partial charge in [-0.1, -0.05) is 24.3 Å². The zero-order valence-electron chi connectivity index (χ0n) is 15.7. The fraction of sp³-hybridized carbons (Fsp3) is 0.350. The zero-order chi connectivity index (χ0) is 19.2. The predicted molar refractivity (Wildman–Crippen MR) is 109 cm³/mol. The van der Waals surface area contributed by atoms with Gasteiger partial charge in [0.1, 0.15) is 5.69 Å². The Labute approximate surface area is 163 Å². The molecule has 0 radical (unpaired) electrons. The average Bonchev–Trinajstić information content (AvgIpc) is 3.18. The summed E-state index contributed by atoms with van der Waals surface area (Å²) >= 11 is 1.47. The fourth-order valence-corrected chi connectivity index (χ4v) is 6.59. The summed E-state index contributed by atoms with van der Waals surface area (Å²) in [4.78, 5) is 2.01. The predicted octanol–water partition coefficient (Wildman–Crippen LogP) is 4.42. The summed E-state index contributed by atoms with van der Waals surface area (Å²) < 4.78 is 29.2. The van der Waals surface area contributed by atoms with Crippen LogP contribution < -0.4 is 4.72 Å². The molecule has 0 aliphatic heterocycles. The van der Waals surface area contributed by atoms with Gasteiger partial charge in [0.2, 0.25) is 10.0 Å². The van der Waals surface area contributed by atoms with Crippen LogP contribution in [0.2, 0.25) is 0 Å². The van der Waals surface area contributed by atoms with E-state index in [2.05, 4.69) is 21.0 Å². The number of fused-ring (bicyclic) bond motifs is 1. The van der Waals surface area contributed by atoms with Gasteiger partial charge in [-0.05, 0) is 62.8 Å². The van der Waals surface area contributed by atoms with Gasteiger partial charge in [0.25, 0.3) is 0 Å². The molecule has 0 unspecified atom stereocenters. The Hall–Kier alpha value is -1.96. The van der Waals surface area contributed by atoms with Gasteiger partial charge in [0.05, 0.1) is 9.77 Å². The second-order valence-corrected chi connectivity index (χ2v) is 10.1. The van der Waals surface area contributed by atoms with Gasteiger partial charge in [-0.15, -0.1) is 11.3 Å². The molecule has 2 N–H and O–H groups in total. The number of nitrogens with zero attached hydrogens (tertiary/aromatic N) is 1. The first-order chi connectivity index (χ1) is 12.9. The smallest absolute Gasteiger partial charge is 0.242 e. The number of aromatic nitrogens is 2. The Morgan fingerprint density at radius 1 is 1.22 bits per heavy atom. The van der Waals surface area contributed by atoms with Gasteiger partial charge >= 0.3 is 0 Å². The summed E-state index contributed by atoms with van der Waals surface area (Å²) in [6, 6.07) is 9.69. The summed E-state index contributed by atoms with van der Waals surface area (Å²) in [6.07, 6.45) is 2.82. The molecule has 0 fully saturated rings. The van der Waals surface area contributed by atoms with Crippen LogP contribution in [-0.2, 0) is 16.4 Å². The standard InChI is InChI=1S/C20H23N3O2S2/c1-12-13(2)21-22-20(12)18-11-19(14(3)26-18)27(24,25)23-17-10-6-8-15-7-4-5-9-16(15)17/h4-5,7,9,11,17,23H,6,8,10H2,1-3H3,(H,21,22)/t17-/m0/s1. The van der Waals surface area contributed by atoms with E-state index < -0.39 is 10.0 Å². The lowest BCUT2D eigenvalue weighted by Gasteiger charge is -2.26. The third-order valence-electron chi connectivity index (χ3n) is 5.32. The van der Waals surface area contributed by atoms with Gasteiger partial charge in [-0.25, -0.2) is 13.1 Å². The van der Waals surface area contributed by atoms with Gasteiger partial charge in [0, 0.05) is 16.6 Å². The fourth-order valence-electron chi connectivity index (χ4n) is 3.70. The number of rotatable bonds is 4. The van der Waals surface area contributed by atoms with E-state index in [-0.39, 0.29) is 6.04 Å². The Morgan fingerprint density at radius 2 is 2.00 bits per heavy atom. The van der Waals surface area contributed by atoms with Crippen molar-refractivity contribution in [2.24, 2.45) is 0 Å². The molecular formula is C20H23N3O2S2. The Kier molecular flexibility index (Phi) is 4.70. The van der Waals surface area contributed by atoms with E-state index in [1.807, 2.05) is 39.0 Å². The third kappa shape index (κ3) is 3.35. The topological polar surface area (TPSA) is 74.8 Å². The number of benzene rings is 1. The number of sulfonamides is 1. The monoisotopic (exact) mass is 401 g/mol. The molecule has 1 aromatic carbocycles. The number of thiophene rings is 1. The largest absolute Gasteiger partial charge is 0.282 e. The van der Waals surface area contributed by atoms with Crippen LogP contribution >= 0.6 is 11.3 Å². The maximum atomic E-state index is 13.1. The molecule has 2 aromatic heterocycles. The quantitative estimate of drug-likeness (QED) is 0.679. The molecule has 4 rings (SSSR count). The molecule has 7 heteroatoms. The molecule has 2 heterocycles. The van der Waals surface area contributed by atoms with Crippen LogP contribution in [0.4, 0.5) is 0 Å². The van der Waals surface area contributed by atoms with Crippen molar-refractivity contribution >= 4 is 21.4 Å². The molecule has 0 bridgehead atoms. The highest BCUT2D eigenvalue weighted by atomic mass is 32.2. The van der Waals surface area contributed by atoms with E-state index >= 15 is 0 Å². The van der Waals surface area contributed by atoms with Crippen LogP contribution in [-0.4, -0.2) is 18.6 Å². The van der Waals surface area contributed by atoms with Crippen molar-refractivity contribution in [2.75, 3.05) is 0 Å². The first-order valence-corrected chi connectivity index (χ1v) is 11.4. The van der Waals surface area contributed by atoms with Crippen LogP contribution in [0.3, 0.4) is 0 Å². The molecule has 1 aliphatic carbocycles. The lowest BCUT2D eigenvalue weighted by atomic mass is 9.88. The normalized spacial score (nSPS) is 17.1. The second-order valence-electron chi connectivity index (χ2n) is 7.12. The first kappa shape index (κ1) is 18.4. The second kappa shape index (κ2) is 6.89. The SMILES string of the molecule is Cc1[nH]nc(-c2cc(S(=O)(=O)N[C@H]3CCCc4ccccc43)c(C)s2)c1C. The van der Waals surface area contributed by atoms with Crippen molar-refractivity contribution in [3.63, 3.8) is 0 Å². The molecule has 0 amide bonds. The molecule has 142 valence electrons. The summed E-state index contributed by atoms with van der Waals surface area (Å²) in [5, 5.41) is 7.31. The molecular weight excluding hydrogens is 378 g/mol. The Morgan fingerprint density at radius 3 is 2.74 bits per heavy atom. The molecule has 1 aliphatic rings. The summed E-state index contributed by atoms with van der Waals surface area (Å²) in [5.74, 6) is 0. The van der Waals surface area contributed by atoms with E-state index in [0.29, 0.717) is 4.90 Å². The van der Waals surface area contributed by atoms with Gasteiger partial charge < -0.3 is 0 Å². The van der Waals surface area contributed by atoms with Crippen molar-refractivity contribution in [3.05, 3.63) is 57.6 Å². The molecule has 3 aromatic rings. The van der Waals surface area contributed by atoms with E-state index in [1.54, 1.807) is 6.07 Å². The highest BCUT2D eigenvalue weighted by molar-refractivity contribution is 7.89. The molecule has 0 saturated carbocycles. The number of aryl methyl sites for hydroxylation is 3. The van der Waals surface area contributed by atoms with Crippen molar-refractivity contribution < 1.29 is 8.42 Å². The van der Waals surface area contributed by atoms with Crippen molar-refractivity contribution in [1.29, 1.82) is 0 Å². The van der Waals surface area contributed by atoms with Gasteiger partial charge in [0.15, 0.2) is 0 Å². The minimum atomic E-state index is -3.60. The van der Waals surface area contributed by atoms with Crippen molar-refractivity contribution in [1.82, 2.24) is 14.9 Å². The summed E-state index contributed by atoms with van der Waals surface area (Å²) in [6.45, 7) is 5.81. The van der Waals surface area contributed by atoms with Gasteiger partial charge in [-0.2, -0.15) is 5.10 Å². The van der Waals surface area contributed by atoms with E-state index in [4.69, 9.17) is 0 Å². The van der Waals surface area contributed by atoms with Crippen molar-refractivity contribution in [2.45, 2.75) is 51.0 Å². The average molecular weight is 402 g/mol. The highest BCUT2D eigenvalue weighted by Crippen LogP contribution is 2.36. The number of hydrogen-bond acceptors (Lipinski definition) is 4. The Bertz CT molecular complexity index is 1100. The van der Waals surface area contributed by atoms with E-state index in [0.717, 1.165) is 51.5 Å². The van der Waals surface area contributed by atoms with Crippen LogP contribution in [0.15, 0.2) is 35.2 Å². The van der Waals surface area contributed by atoms with E-state index in [9.17, 15) is 8.42 Å². The highest BCUT2D eigenvalue weighted by Gasteiger charge is 2.28. The van der Waals surface area contributed by atoms with Crippen LogP contribution in [0.1, 0.15) is 46.1 Å². The maximum Gasteiger partial charge on any atom is 0.242 e. The van der Waals surface area contributed by atoms with Crippen LogP contribution in [0.25, 0.3) is 10.6 Å². The number of H-pyrrole nitrogens is 1. The zero-order valence-corrected chi connectivity index (χ0v) is 17.3. The number of hydrogen-bond donors (Lipinski definition) is 2. The molecule has 0 spiro atoms. The van der Waals surface area contributed by atoms with Crippen LogP contribution in [0, 0.1) is 20.8 Å². The number of nitrogens with one attached hydrogen (secondary N) is 2. The molecule has 5 nitrogen and oxygen atoms in total. The minimum absolute atomic E-state index is 0.169. The summed E-state index contributed by atoms with van der Waals surface area (Å²) in [7, 11) is -3.60. The molecule has 0 saturated heterocycles. The minimum Gasteiger partial charge on any atom is -0.282 e. The number of aromatic amines is 1. The third-order valence-corrected chi connectivity index (χ3v) is 8.10. The first-order valence-electron chi connectivity index (χ1n) is 9.09. The lowest BCUT2D eigenvalue weighted by molar-refractivity contribution is 0.507. The van der Waals surface area contributed by atoms with Gasteiger partial charge in [-0.3, -0.25) is 5.10 Å². The van der Waals surface area contributed by atoms with E-state index in [1.165, 1.54) is 16.9 Å². The van der Waals surface area contributed by atoms with Crippen molar-refractivity contribution in [3.8, 4) is 10.6 Å². The molecule has 1 atom stereocenters. The lowest BCUT2D eigenvalue weighted by Crippen LogP contribution is -2.31. The van der Waals surface area contributed by atoms with Crippen LogP contribution in [0.5, 0.6) is 0 Å². The Balaban J connectivity index is 1.67.